The number of aliphatic hydroxyl groups is 2. The Bertz CT molecular complexity index is 1530. The minimum absolute atomic E-state index is 0.215. The average molecular weight is 595 g/mol. The van der Waals surface area contributed by atoms with Crippen molar-refractivity contribution in [1.29, 1.82) is 0 Å². The number of rotatable bonds is 12. The number of nitrogens with one attached hydrogen (secondary N) is 1. The Morgan fingerprint density at radius 3 is 2.27 bits per heavy atom. The van der Waals surface area contributed by atoms with E-state index in [9.17, 15) is 24.9 Å². The van der Waals surface area contributed by atoms with Crippen LogP contribution < -0.4 is 10.2 Å². The van der Waals surface area contributed by atoms with Gasteiger partial charge in [0.25, 0.3) is 0 Å². The summed E-state index contributed by atoms with van der Waals surface area (Å²) in [6.07, 6.45) is 4.95. The van der Waals surface area contributed by atoms with Crippen molar-refractivity contribution < 1.29 is 24.9 Å². The predicted molar refractivity (Wildman–Crippen MR) is 174 cm³/mol. The molecule has 4 atom stereocenters. The Morgan fingerprint density at radius 1 is 0.932 bits per heavy atom. The molecule has 5 rings (SSSR count). The molecule has 1 fully saturated rings. The number of anilines is 3. The number of fused-ring (bicyclic) bond motifs is 1. The van der Waals surface area contributed by atoms with E-state index < -0.39 is 23.9 Å². The molecule has 44 heavy (non-hydrogen) atoms. The van der Waals surface area contributed by atoms with Gasteiger partial charge in [0.1, 0.15) is 5.75 Å². The first-order valence-corrected chi connectivity index (χ1v) is 15.6. The first-order chi connectivity index (χ1) is 21.4. The third-order valence-corrected chi connectivity index (χ3v) is 8.96. The van der Waals surface area contributed by atoms with Crippen LogP contribution >= 0.6 is 0 Å². The van der Waals surface area contributed by atoms with E-state index in [2.05, 4.69) is 12.2 Å². The lowest BCUT2D eigenvalue weighted by atomic mass is 9.67. The number of phenols is 1. The number of allylic oxidation sites excluding steroid dienone is 2. The molecule has 0 spiro atoms. The molecule has 0 aromatic heterocycles. The third-order valence-electron chi connectivity index (χ3n) is 8.96. The van der Waals surface area contributed by atoms with E-state index in [1.54, 1.807) is 24.3 Å². The number of amides is 2. The largest absolute Gasteiger partial charge is 0.507 e. The van der Waals surface area contributed by atoms with Gasteiger partial charge < -0.3 is 20.6 Å². The van der Waals surface area contributed by atoms with E-state index in [0.29, 0.717) is 36.9 Å². The highest BCUT2D eigenvalue weighted by molar-refractivity contribution is 6.22. The molecule has 3 aromatic rings. The van der Waals surface area contributed by atoms with Crippen LogP contribution in [0.25, 0.3) is 6.08 Å². The molecule has 2 amide bonds. The number of aliphatic hydroxyl groups excluding tert-OH is 2. The SMILES string of the molecule is CCC/C(=C\c1ccccc1O)CC[C@@H](O)C1=C(CC)C[C@H]2C(=O)N(c3ccc(Nc4ccccc4)cc3)C(=O)[C@H]2[C@H]1CO. The molecule has 1 aliphatic carbocycles. The fraction of sp³-hybridized carbons (Fsp3) is 0.351. The predicted octanol–water partition coefficient (Wildman–Crippen LogP) is 6.99. The van der Waals surface area contributed by atoms with Crippen LogP contribution in [0.15, 0.2) is 95.6 Å². The Labute approximate surface area is 259 Å². The van der Waals surface area contributed by atoms with Gasteiger partial charge in [-0.2, -0.15) is 0 Å². The number of aromatic hydroxyl groups is 1. The van der Waals surface area contributed by atoms with Crippen molar-refractivity contribution >= 4 is 35.0 Å². The van der Waals surface area contributed by atoms with Crippen molar-refractivity contribution in [2.24, 2.45) is 17.8 Å². The van der Waals surface area contributed by atoms with Crippen LogP contribution in [-0.2, 0) is 9.59 Å². The van der Waals surface area contributed by atoms with Gasteiger partial charge in [0.15, 0.2) is 0 Å². The first-order valence-electron chi connectivity index (χ1n) is 15.6. The van der Waals surface area contributed by atoms with Crippen LogP contribution in [0.1, 0.15) is 57.9 Å². The van der Waals surface area contributed by atoms with Crippen molar-refractivity contribution in [3.05, 3.63) is 101 Å². The number of phenolic OH excluding ortho intramolecular Hbond substituents is 1. The zero-order valence-electron chi connectivity index (χ0n) is 25.4. The Hall–Kier alpha value is -4.20. The van der Waals surface area contributed by atoms with Gasteiger partial charge in [-0.1, -0.05) is 73.9 Å². The molecule has 1 saturated heterocycles. The van der Waals surface area contributed by atoms with Gasteiger partial charge in [-0.05, 0) is 80.1 Å². The maximum Gasteiger partial charge on any atom is 0.238 e. The fourth-order valence-electron chi connectivity index (χ4n) is 6.83. The summed E-state index contributed by atoms with van der Waals surface area (Å²) in [4.78, 5) is 28.9. The maximum absolute atomic E-state index is 13.9. The molecular formula is C37H42N2O5. The summed E-state index contributed by atoms with van der Waals surface area (Å²) in [6, 6.07) is 24.2. The first kappa shape index (κ1) is 31.2. The molecule has 230 valence electrons. The lowest BCUT2D eigenvalue weighted by molar-refractivity contribution is -0.123. The molecule has 0 radical (unpaired) electrons. The summed E-state index contributed by atoms with van der Waals surface area (Å²) in [6.45, 7) is 3.77. The normalized spacial score (nSPS) is 21.0. The van der Waals surface area contributed by atoms with Gasteiger partial charge in [0.2, 0.25) is 11.8 Å². The topological polar surface area (TPSA) is 110 Å². The quantitative estimate of drug-likeness (QED) is 0.133. The second-order valence-electron chi connectivity index (χ2n) is 11.8. The summed E-state index contributed by atoms with van der Waals surface area (Å²) in [5.74, 6) is -2.28. The van der Waals surface area contributed by atoms with Crippen LogP contribution in [0, 0.1) is 17.8 Å². The van der Waals surface area contributed by atoms with E-state index in [1.165, 1.54) is 4.90 Å². The van der Waals surface area contributed by atoms with Crippen LogP contribution in [0.4, 0.5) is 17.1 Å². The molecule has 2 aliphatic rings. The van der Waals surface area contributed by atoms with Gasteiger partial charge in [-0.3, -0.25) is 14.5 Å². The zero-order chi connectivity index (χ0) is 31.2. The number of carbonyl (C=O) groups is 2. The Balaban J connectivity index is 1.35. The van der Waals surface area contributed by atoms with E-state index >= 15 is 0 Å². The number of benzene rings is 3. The van der Waals surface area contributed by atoms with Gasteiger partial charge in [-0.15, -0.1) is 0 Å². The lowest BCUT2D eigenvalue weighted by Gasteiger charge is -2.36. The van der Waals surface area contributed by atoms with E-state index in [-0.39, 0.29) is 24.2 Å². The number of carbonyl (C=O) groups excluding carboxylic acids is 2. The molecule has 0 unspecified atom stereocenters. The smallest absolute Gasteiger partial charge is 0.238 e. The minimum atomic E-state index is -0.854. The number of hydrogen-bond acceptors (Lipinski definition) is 6. The number of imide groups is 1. The second kappa shape index (κ2) is 14.1. The maximum atomic E-state index is 13.9. The summed E-state index contributed by atoms with van der Waals surface area (Å²) in [5, 5.41) is 35.8. The summed E-state index contributed by atoms with van der Waals surface area (Å²) in [7, 11) is 0. The molecule has 3 aromatic carbocycles. The Morgan fingerprint density at radius 2 is 1.61 bits per heavy atom. The molecule has 7 nitrogen and oxygen atoms in total. The third kappa shape index (κ3) is 6.49. The summed E-state index contributed by atoms with van der Waals surface area (Å²) < 4.78 is 0. The van der Waals surface area contributed by atoms with E-state index in [1.807, 2.05) is 67.6 Å². The van der Waals surface area contributed by atoms with Crippen molar-refractivity contribution in [3.63, 3.8) is 0 Å². The highest BCUT2D eigenvalue weighted by Gasteiger charge is 2.55. The molecule has 4 N–H and O–H groups in total. The van der Waals surface area contributed by atoms with Gasteiger partial charge >= 0.3 is 0 Å². The lowest BCUT2D eigenvalue weighted by Crippen LogP contribution is -2.39. The fourth-order valence-corrected chi connectivity index (χ4v) is 6.83. The highest BCUT2D eigenvalue weighted by atomic mass is 16.3. The Kier molecular flexibility index (Phi) is 9.98. The van der Waals surface area contributed by atoms with Gasteiger partial charge in [-0.25, -0.2) is 0 Å². The molecular weight excluding hydrogens is 552 g/mol. The van der Waals surface area contributed by atoms with Gasteiger partial charge in [0, 0.05) is 22.9 Å². The van der Waals surface area contributed by atoms with Crippen LogP contribution in [0.2, 0.25) is 0 Å². The monoisotopic (exact) mass is 594 g/mol. The van der Waals surface area contributed by atoms with Crippen molar-refractivity contribution in [2.45, 2.75) is 58.5 Å². The number of nitrogens with zero attached hydrogens (tertiary/aromatic N) is 1. The zero-order valence-corrected chi connectivity index (χ0v) is 25.4. The van der Waals surface area contributed by atoms with Crippen molar-refractivity contribution in [2.75, 3.05) is 16.8 Å². The van der Waals surface area contributed by atoms with E-state index in [4.69, 9.17) is 0 Å². The van der Waals surface area contributed by atoms with Crippen molar-refractivity contribution in [3.8, 4) is 5.75 Å². The second-order valence-corrected chi connectivity index (χ2v) is 11.8. The van der Waals surface area contributed by atoms with Crippen LogP contribution in [-0.4, -0.2) is 39.8 Å². The number of hydrogen-bond donors (Lipinski definition) is 4. The molecule has 1 aliphatic heterocycles. The molecule has 1 heterocycles. The molecule has 0 saturated carbocycles. The number of para-hydroxylation sites is 2. The molecule has 7 heteroatoms. The summed E-state index contributed by atoms with van der Waals surface area (Å²) in [5.41, 5.74) is 5.79. The van der Waals surface area contributed by atoms with Gasteiger partial charge in [0.05, 0.1) is 30.2 Å². The van der Waals surface area contributed by atoms with Crippen LogP contribution in [0.5, 0.6) is 5.75 Å². The van der Waals surface area contributed by atoms with Crippen LogP contribution in [0.3, 0.4) is 0 Å². The standard InChI is InChI=1S/C37H42N2O5/c1-3-10-24(21-26-11-8-9-14-32(26)41)15-20-33(42)34-25(4-2)22-30-35(31(34)23-40)37(44)39(36(30)43)29-18-16-28(17-19-29)38-27-12-6-5-7-13-27/h5-9,11-14,16-19,21,30-31,33,35,38,40-42H,3-4,10,15,20,22-23H2,1-2H3/b24-21+/t30-,31+,33-,35-/m1/s1. The highest BCUT2D eigenvalue weighted by Crippen LogP contribution is 2.48. The van der Waals surface area contributed by atoms with Crippen molar-refractivity contribution in [1.82, 2.24) is 0 Å². The minimum Gasteiger partial charge on any atom is -0.507 e. The summed E-state index contributed by atoms with van der Waals surface area (Å²) >= 11 is 0. The van der Waals surface area contributed by atoms with E-state index in [0.717, 1.165) is 40.9 Å². The average Bonchev–Trinajstić information content (AvgIpc) is 3.29. The molecule has 0 bridgehead atoms.